The van der Waals surface area contributed by atoms with Crippen LogP contribution in [0, 0.1) is 12.8 Å². The zero-order chi connectivity index (χ0) is 16.1. The summed E-state index contributed by atoms with van der Waals surface area (Å²) in [6.07, 6.45) is 1.56. The Bertz CT molecular complexity index is 673. The van der Waals surface area contributed by atoms with Crippen LogP contribution >= 0.6 is 11.6 Å². The van der Waals surface area contributed by atoms with Gasteiger partial charge >= 0.3 is 0 Å². The number of benzene rings is 1. The van der Waals surface area contributed by atoms with Crippen LogP contribution in [0.5, 0.6) is 0 Å². The number of aromatic nitrogens is 2. The molecule has 1 aromatic heterocycles. The van der Waals surface area contributed by atoms with E-state index in [0.717, 1.165) is 11.3 Å². The number of carbonyl (C=O) groups excluding carboxylic acids is 1. The van der Waals surface area contributed by atoms with Crippen LogP contribution in [-0.2, 0) is 0 Å². The van der Waals surface area contributed by atoms with Crippen molar-refractivity contribution in [3.63, 3.8) is 0 Å². The smallest absolute Gasteiger partial charge is 0.270 e. The second-order valence-corrected chi connectivity index (χ2v) is 5.89. The van der Waals surface area contributed by atoms with Gasteiger partial charge in [-0.1, -0.05) is 31.5 Å². The van der Waals surface area contributed by atoms with E-state index < -0.39 is 0 Å². The van der Waals surface area contributed by atoms with Gasteiger partial charge in [0.2, 0.25) is 5.95 Å². The molecule has 0 aliphatic heterocycles. The molecule has 116 valence electrons. The van der Waals surface area contributed by atoms with Crippen molar-refractivity contribution in [3.8, 4) is 0 Å². The van der Waals surface area contributed by atoms with Crippen LogP contribution < -0.4 is 10.6 Å². The standard InChI is InChI=1S/C16H19ClN4O/c1-10(2)9-19-15(22)13-6-7-18-16(20-13)21-14-8-12(17)5-4-11(14)3/h4-8,10H,9H2,1-3H3,(H,19,22)(H,18,20,21). The predicted octanol–water partition coefficient (Wildman–Crippen LogP) is 3.57. The van der Waals surface area contributed by atoms with Gasteiger partial charge in [0, 0.05) is 23.5 Å². The first-order valence-electron chi connectivity index (χ1n) is 7.10. The molecule has 2 rings (SSSR count). The van der Waals surface area contributed by atoms with Crippen molar-refractivity contribution in [2.45, 2.75) is 20.8 Å². The molecular weight excluding hydrogens is 300 g/mol. The molecule has 0 radical (unpaired) electrons. The number of amides is 1. The molecule has 0 unspecified atom stereocenters. The van der Waals surface area contributed by atoms with E-state index in [-0.39, 0.29) is 5.91 Å². The number of hydrogen-bond acceptors (Lipinski definition) is 4. The van der Waals surface area contributed by atoms with Crippen molar-refractivity contribution in [1.29, 1.82) is 0 Å². The fourth-order valence-corrected chi connectivity index (χ4v) is 1.95. The highest BCUT2D eigenvalue weighted by Crippen LogP contribution is 2.22. The quantitative estimate of drug-likeness (QED) is 0.884. The van der Waals surface area contributed by atoms with Gasteiger partial charge in [0.25, 0.3) is 5.91 Å². The topological polar surface area (TPSA) is 66.9 Å². The molecule has 0 saturated heterocycles. The van der Waals surface area contributed by atoms with Crippen LogP contribution in [0.15, 0.2) is 30.5 Å². The van der Waals surface area contributed by atoms with Crippen LogP contribution in [-0.4, -0.2) is 22.4 Å². The van der Waals surface area contributed by atoms with E-state index in [4.69, 9.17) is 11.6 Å². The number of anilines is 2. The zero-order valence-electron chi connectivity index (χ0n) is 12.9. The maximum absolute atomic E-state index is 12.0. The summed E-state index contributed by atoms with van der Waals surface area (Å²) < 4.78 is 0. The summed E-state index contributed by atoms with van der Waals surface area (Å²) in [7, 11) is 0. The highest BCUT2D eigenvalue weighted by Gasteiger charge is 2.10. The van der Waals surface area contributed by atoms with Gasteiger partial charge in [0.15, 0.2) is 0 Å². The first-order valence-corrected chi connectivity index (χ1v) is 7.48. The number of halogens is 1. The third kappa shape index (κ3) is 4.43. The Hall–Kier alpha value is -2.14. The van der Waals surface area contributed by atoms with Gasteiger partial charge in [0.1, 0.15) is 5.69 Å². The average molecular weight is 319 g/mol. The van der Waals surface area contributed by atoms with Gasteiger partial charge in [-0.25, -0.2) is 9.97 Å². The van der Waals surface area contributed by atoms with E-state index >= 15 is 0 Å². The Kier molecular flexibility index (Phi) is 5.33. The van der Waals surface area contributed by atoms with Crippen molar-refractivity contribution >= 4 is 29.1 Å². The summed E-state index contributed by atoms with van der Waals surface area (Å²) in [5.41, 5.74) is 2.16. The summed E-state index contributed by atoms with van der Waals surface area (Å²) in [6.45, 7) is 6.64. The average Bonchev–Trinajstić information content (AvgIpc) is 2.49. The monoisotopic (exact) mass is 318 g/mol. The van der Waals surface area contributed by atoms with Crippen molar-refractivity contribution in [3.05, 3.63) is 46.7 Å². The molecule has 6 heteroatoms. The molecular formula is C16H19ClN4O. The fourth-order valence-electron chi connectivity index (χ4n) is 1.78. The predicted molar refractivity (Wildman–Crippen MR) is 88.7 cm³/mol. The van der Waals surface area contributed by atoms with Crippen LogP contribution in [0.25, 0.3) is 0 Å². The second kappa shape index (κ2) is 7.22. The lowest BCUT2D eigenvalue weighted by Crippen LogP contribution is -2.28. The lowest BCUT2D eigenvalue weighted by Gasteiger charge is -2.10. The Balaban J connectivity index is 2.14. The van der Waals surface area contributed by atoms with E-state index in [0.29, 0.717) is 29.1 Å². The maximum Gasteiger partial charge on any atom is 0.270 e. The molecule has 2 aromatic rings. The van der Waals surface area contributed by atoms with Crippen molar-refractivity contribution in [2.24, 2.45) is 5.92 Å². The summed E-state index contributed by atoms with van der Waals surface area (Å²) in [5.74, 6) is 0.544. The molecule has 0 saturated carbocycles. The lowest BCUT2D eigenvalue weighted by atomic mass is 10.2. The van der Waals surface area contributed by atoms with Crippen molar-refractivity contribution in [1.82, 2.24) is 15.3 Å². The third-order valence-corrected chi connectivity index (χ3v) is 3.24. The number of hydrogen-bond donors (Lipinski definition) is 2. The van der Waals surface area contributed by atoms with Crippen molar-refractivity contribution < 1.29 is 4.79 Å². The third-order valence-electron chi connectivity index (χ3n) is 3.01. The summed E-state index contributed by atoms with van der Waals surface area (Å²) >= 11 is 5.99. The Morgan fingerprint density at radius 1 is 1.32 bits per heavy atom. The Morgan fingerprint density at radius 3 is 2.82 bits per heavy atom. The molecule has 0 aliphatic rings. The number of carbonyl (C=O) groups is 1. The number of nitrogens with one attached hydrogen (secondary N) is 2. The van der Waals surface area contributed by atoms with E-state index in [2.05, 4.69) is 20.6 Å². The lowest BCUT2D eigenvalue weighted by molar-refractivity contribution is 0.0944. The van der Waals surface area contributed by atoms with Crippen LogP contribution in [0.4, 0.5) is 11.6 Å². The molecule has 22 heavy (non-hydrogen) atoms. The Morgan fingerprint density at radius 2 is 2.09 bits per heavy atom. The maximum atomic E-state index is 12.0. The first kappa shape index (κ1) is 16.2. The molecule has 0 bridgehead atoms. The normalized spacial score (nSPS) is 10.6. The number of aryl methyl sites for hydroxylation is 1. The molecule has 0 spiro atoms. The van der Waals surface area contributed by atoms with E-state index in [1.165, 1.54) is 0 Å². The van der Waals surface area contributed by atoms with Gasteiger partial charge < -0.3 is 10.6 Å². The highest BCUT2D eigenvalue weighted by atomic mass is 35.5. The van der Waals surface area contributed by atoms with Gasteiger partial charge in [-0.3, -0.25) is 4.79 Å². The summed E-state index contributed by atoms with van der Waals surface area (Å²) in [4.78, 5) is 20.4. The van der Waals surface area contributed by atoms with Gasteiger partial charge in [-0.05, 0) is 36.6 Å². The SMILES string of the molecule is Cc1ccc(Cl)cc1Nc1nccc(C(=O)NCC(C)C)n1. The minimum atomic E-state index is -0.207. The van der Waals surface area contributed by atoms with Crippen molar-refractivity contribution in [2.75, 3.05) is 11.9 Å². The van der Waals surface area contributed by atoms with Gasteiger partial charge in [-0.2, -0.15) is 0 Å². The highest BCUT2D eigenvalue weighted by molar-refractivity contribution is 6.30. The van der Waals surface area contributed by atoms with Crippen LogP contribution in [0.3, 0.4) is 0 Å². The molecule has 0 aliphatic carbocycles. The summed E-state index contributed by atoms with van der Waals surface area (Å²) in [5, 5.41) is 6.54. The number of rotatable bonds is 5. The van der Waals surface area contributed by atoms with E-state index in [9.17, 15) is 4.79 Å². The first-order chi connectivity index (χ1) is 10.5. The van der Waals surface area contributed by atoms with Crippen LogP contribution in [0.1, 0.15) is 29.9 Å². The summed E-state index contributed by atoms with van der Waals surface area (Å²) in [6, 6.07) is 7.11. The van der Waals surface area contributed by atoms with Crippen LogP contribution in [0.2, 0.25) is 5.02 Å². The molecule has 5 nitrogen and oxygen atoms in total. The van der Waals surface area contributed by atoms with E-state index in [1.54, 1.807) is 18.3 Å². The fraction of sp³-hybridized carbons (Fsp3) is 0.312. The second-order valence-electron chi connectivity index (χ2n) is 5.45. The molecule has 2 N–H and O–H groups in total. The minimum absolute atomic E-state index is 0.207. The largest absolute Gasteiger partial charge is 0.350 e. The van der Waals surface area contributed by atoms with Gasteiger partial charge in [-0.15, -0.1) is 0 Å². The molecule has 1 amide bonds. The molecule has 0 fully saturated rings. The zero-order valence-corrected chi connectivity index (χ0v) is 13.6. The minimum Gasteiger partial charge on any atom is -0.350 e. The van der Waals surface area contributed by atoms with Gasteiger partial charge in [0.05, 0.1) is 0 Å². The Labute approximate surface area is 135 Å². The molecule has 1 aromatic carbocycles. The number of nitrogens with zero attached hydrogens (tertiary/aromatic N) is 2. The molecule has 1 heterocycles. The molecule has 0 atom stereocenters. The van der Waals surface area contributed by atoms with E-state index in [1.807, 2.05) is 32.9 Å².